The minimum Gasteiger partial charge on any atom is -0.497 e. The van der Waals surface area contributed by atoms with Gasteiger partial charge >= 0.3 is 0 Å². The molecule has 3 rings (SSSR count). The highest BCUT2D eigenvalue weighted by atomic mass is 16.5. The zero-order chi connectivity index (χ0) is 16.9. The fourth-order valence-corrected chi connectivity index (χ4v) is 3.15. The zero-order valence-corrected chi connectivity index (χ0v) is 14.6. The number of benzene rings is 1. The molecule has 1 unspecified atom stereocenters. The van der Waals surface area contributed by atoms with Gasteiger partial charge in [0.15, 0.2) is 0 Å². The number of rotatable bonds is 7. The summed E-state index contributed by atoms with van der Waals surface area (Å²) in [5.41, 5.74) is 0.598. The average Bonchev–Trinajstić information content (AvgIpc) is 3.44. The number of carbonyl (C=O) groups is 1. The van der Waals surface area contributed by atoms with Crippen LogP contribution in [0.5, 0.6) is 11.5 Å². The molecule has 1 amide bonds. The Morgan fingerprint density at radius 3 is 2.58 bits per heavy atom. The van der Waals surface area contributed by atoms with E-state index in [0.717, 1.165) is 32.5 Å². The van der Waals surface area contributed by atoms with Crippen LogP contribution >= 0.6 is 0 Å². The number of methoxy groups -OCH3 is 1. The topological polar surface area (TPSA) is 59.6 Å². The molecule has 5 heteroatoms. The van der Waals surface area contributed by atoms with Crippen LogP contribution in [0.15, 0.2) is 18.2 Å². The van der Waals surface area contributed by atoms with Gasteiger partial charge in [0.2, 0.25) is 0 Å². The summed E-state index contributed by atoms with van der Waals surface area (Å²) in [5, 5.41) is 6.50. The third-order valence-electron chi connectivity index (χ3n) is 5.01. The number of piperidine rings is 1. The minimum absolute atomic E-state index is 0.0591. The van der Waals surface area contributed by atoms with E-state index in [1.165, 1.54) is 12.8 Å². The molecule has 0 spiro atoms. The van der Waals surface area contributed by atoms with Gasteiger partial charge in [0.1, 0.15) is 11.5 Å². The largest absolute Gasteiger partial charge is 0.497 e. The third kappa shape index (κ3) is 4.63. The van der Waals surface area contributed by atoms with Crippen LogP contribution < -0.4 is 20.1 Å². The highest BCUT2D eigenvalue weighted by Crippen LogP contribution is 2.31. The van der Waals surface area contributed by atoms with Crippen molar-refractivity contribution in [1.29, 1.82) is 0 Å². The van der Waals surface area contributed by atoms with Gasteiger partial charge < -0.3 is 20.1 Å². The van der Waals surface area contributed by atoms with Crippen LogP contribution in [0.1, 0.15) is 43.0 Å². The normalized spacial score (nSPS) is 19.6. The van der Waals surface area contributed by atoms with Gasteiger partial charge in [-0.15, -0.1) is 0 Å². The zero-order valence-electron chi connectivity index (χ0n) is 14.6. The molecule has 1 heterocycles. The van der Waals surface area contributed by atoms with Crippen LogP contribution in [0.4, 0.5) is 0 Å². The maximum Gasteiger partial charge on any atom is 0.251 e. The van der Waals surface area contributed by atoms with Gasteiger partial charge in [-0.2, -0.15) is 0 Å². The first-order chi connectivity index (χ1) is 11.7. The van der Waals surface area contributed by atoms with Crippen molar-refractivity contribution in [2.24, 2.45) is 11.8 Å². The van der Waals surface area contributed by atoms with E-state index in [9.17, 15) is 4.79 Å². The van der Waals surface area contributed by atoms with E-state index in [1.807, 2.05) is 12.1 Å². The number of hydrogen-bond acceptors (Lipinski definition) is 4. The number of hydrogen-bond donors (Lipinski definition) is 2. The molecule has 0 radical (unpaired) electrons. The van der Waals surface area contributed by atoms with Gasteiger partial charge in [-0.05, 0) is 69.7 Å². The molecule has 5 nitrogen and oxygen atoms in total. The number of carbonyl (C=O) groups excluding carboxylic acids is 1. The van der Waals surface area contributed by atoms with Crippen molar-refractivity contribution >= 4 is 5.91 Å². The second kappa shape index (κ2) is 7.88. The summed E-state index contributed by atoms with van der Waals surface area (Å²) in [4.78, 5) is 12.6. The molecule has 2 fully saturated rings. The van der Waals surface area contributed by atoms with E-state index < -0.39 is 0 Å². The Morgan fingerprint density at radius 1 is 1.21 bits per heavy atom. The highest BCUT2D eigenvalue weighted by molar-refractivity contribution is 5.95. The van der Waals surface area contributed by atoms with Crippen molar-refractivity contribution in [1.82, 2.24) is 10.6 Å². The lowest BCUT2D eigenvalue weighted by molar-refractivity contribution is 0.0920. The second-order valence-corrected chi connectivity index (χ2v) is 7.00. The van der Waals surface area contributed by atoms with Crippen molar-refractivity contribution in [2.75, 3.05) is 26.8 Å². The van der Waals surface area contributed by atoms with Crippen LogP contribution in [-0.4, -0.2) is 38.8 Å². The molecular formula is C19H28N2O3. The molecule has 1 aliphatic heterocycles. The Labute approximate surface area is 144 Å². The van der Waals surface area contributed by atoms with E-state index >= 15 is 0 Å². The fraction of sp³-hybridized carbons (Fsp3) is 0.632. The Hall–Kier alpha value is -1.75. The fourth-order valence-electron chi connectivity index (χ4n) is 3.15. The molecule has 132 valence electrons. The van der Waals surface area contributed by atoms with Crippen LogP contribution in [-0.2, 0) is 0 Å². The monoisotopic (exact) mass is 332 g/mol. The molecular weight excluding hydrogens is 304 g/mol. The molecule has 1 atom stereocenters. The summed E-state index contributed by atoms with van der Waals surface area (Å²) in [7, 11) is 1.61. The lowest BCUT2D eigenvalue weighted by Gasteiger charge is -2.28. The predicted molar refractivity (Wildman–Crippen MR) is 93.7 cm³/mol. The Kier molecular flexibility index (Phi) is 5.61. The van der Waals surface area contributed by atoms with Crippen molar-refractivity contribution in [3.63, 3.8) is 0 Å². The molecule has 1 aromatic rings. The van der Waals surface area contributed by atoms with Crippen molar-refractivity contribution < 1.29 is 14.3 Å². The summed E-state index contributed by atoms with van der Waals surface area (Å²) in [5.74, 6) is 2.51. The van der Waals surface area contributed by atoms with Crippen molar-refractivity contribution in [3.8, 4) is 11.5 Å². The lowest BCUT2D eigenvalue weighted by Crippen LogP contribution is -2.42. The first-order valence-corrected chi connectivity index (χ1v) is 8.99. The summed E-state index contributed by atoms with van der Waals surface area (Å²) < 4.78 is 11.1. The molecule has 1 aromatic carbocycles. The van der Waals surface area contributed by atoms with Gasteiger partial charge in [-0.3, -0.25) is 4.79 Å². The van der Waals surface area contributed by atoms with E-state index in [0.29, 0.717) is 28.9 Å². The number of ether oxygens (including phenoxy) is 2. The smallest absolute Gasteiger partial charge is 0.251 e. The Balaban J connectivity index is 1.64. The van der Waals surface area contributed by atoms with Crippen molar-refractivity contribution in [3.05, 3.63) is 23.8 Å². The molecule has 1 saturated heterocycles. The first kappa shape index (κ1) is 17.1. The standard InChI is InChI=1S/C19H28N2O3/c1-13(15-5-7-20-8-6-15)21-19(22)16-9-17(23-2)11-18(10-16)24-12-14-3-4-14/h9-11,13-15,20H,3-8,12H2,1-2H3,(H,21,22). The summed E-state index contributed by atoms with van der Waals surface area (Å²) in [6.07, 6.45) is 4.70. The van der Waals surface area contributed by atoms with Crippen LogP contribution in [0.25, 0.3) is 0 Å². The maximum absolute atomic E-state index is 12.6. The van der Waals surface area contributed by atoms with Gasteiger partial charge in [0, 0.05) is 17.7 Å². The predicted octanol–water partition coefficient (Wildman–Crippen LogP) is 2.60. The molecule has 2 aliphatic rings. The molecule has 1 saturated carbocycles. The van der Waals surface area contributed by atoms with Gasteiger partial charge in [0.25, 0.3) is 5.91 Å². The maximum atomic E-state index is 12.6. The van der Waals surface area contributed by atoms with Crippen molar-refractivity contribution in [2.45, 2.75) is 38.6 Å². The van der Waals surface area contributed by atoms with Crippen LogP contribution in [0.2, 0.25) is 0 Å². The summed E-state index contributed by atoms with van der Waals surface area (Å²) in [6, 6.07) is 5.60. The first-order valence-electron chi connectivity index (χ1n) is 8.99. The molecule has 0 bridgehead atoms. The summed E-state index contributed by atoms with van der Waals surface area (Å²) >= 11 is 0. The molecule has 0 aromatic heterocycles. The quantitative estimate of drug-likeness (QED) is 0.806. The van der Waals surface area contributed by atoms with E-state index in [1.54, 1.807) is 13.2 Å². The van der Waals surface area contributed by atoms with E-state index in [2.05, 4.69) is 17.6 Å². The van der Waals surface area contributed by atoms with Crippen LogP contribution in [0.3, 0.4) is 0 Å². The second-order valence-electron chi connectivity index (χ2n) is 7.00. The summed E-state index contributed by atoms with van der Waals surface area (Å²) in [6.45, 7) is 4.88. The molecule has 2 N–H and O–H groups in total. The SMILES string of the molecule is COc1cc(OCC2CC2)cc(C(=O)NC(C)C2CCNCC2)c1. The van der Waals surface area contributed by atoms with Gasteiger partial charge in [-0.1, -0.05) is 0 Å². The Morgan fingerprint density at radius 2 is 1.92 bits per heavy atom. The number of nitrogens with one attached hydrogen (secondary N) is 2. The van der Waals surface area contributed by atoms with Crippen LogP contribution in [0, 0.1) is 11.8 Å². The van der Waals surface area contributed by atoms with Gasteiger partial charge in [0.05, 0.1) is 13.7 Å². The molecule has 24 heavy (non-hydrogen) atoms. The molecule has 1 aliphatic carbocycles. The number of amides is 1. The average molecular weight is 332 g/mol. The van der Waals surface area contributed by atoms with Gasteiger partial charge in [-0.25, -0.2) is 0 Å². The third-order valence-corrected chi connectivity index (χ3v) is 5.01. The lowest BCUT2D eigenvalue weighted by atomic mass is 9.91. The Bertz CT molecular complexity index is 566. The van der Waals surface area contributed by atoms with E-state index in [4.69, 9.17) is 9.47 Å². The van der Waals surface area contributed by atoms with E-state index in [-0.39, 0.29) is 11.9 Å². The highest BCUT2D eigenvalue weighted by Gasteiger charge is 2.23. The minimum atomic E-state index is -0.0591.